The molecule has 39 heavy (non-hydrogen) atoms. The van der Waals surface area contributed by atoms with E-state index in [1.165, 1.54) is 13.2 Å². The predicted molar refractivity (Wildman–Crippen MR) is 147 cm³/mol. The molecule has 0 spiro atoms. The van der Waals surface area contributed by atoms with Crippen LogP contribution in [0, 0.1) is 17.5 Å². The minimum absolute atomic E-state index is 0.0779. The lowest BCUT2D eigenvalue weighted by Crippen LogP contribution is -2.29. The second-order valence-electron chi connectivity index (χ2n) is 9.30. The van der Waals surface area contributed by atoms with Crippen molar-refractivity contribution in [3.8, 4) is 21.7 Å². The van der Waals surface area contributed by atoms with Crippen LogP contribution in [0.2, 0.25) is 0 Å². The summed E-state index contributed by atoms with van der Waals surface area (Å²) in [6.45, 7) is 1.60. The molecule has 1 aliphatic heterocycles. The van der Waals surface area contributed by atoms with Gasteiger partial charge < -0.3 is 9.64 Å². The first-order chi connectivity index (χ1) is 18.9. The van der Waals surface area contributed by atoms with Crippen molar-refractivity contribution in [3.63, 3.8) is 0 Å². The van der Waals surface area contributed by atoms with Gasteiger partial charge in [-0.25, -0.2) is 22.4 Å². The quantitative estimate of drug-likeness (QED) is 0.234. The van der Waals surface area contributed by atoms with E-state index in [0.717, 1.165) is 63.9 Å². The Morgan fingerprint density at radius 3 is 2.56 bits per heavy atom. The summed E-state index contributed by atoms with van der Waals surface area (Å²) in [6, 6.07) is 11.1. The van der Waals surface area contributed by atoms with Crippen LogP contribution in [0.25, 0.3) is 21.7 Å². The van der Waals surface area contributed by atoms with Gasteiger partial charge in [-0.3, -0.25) is 9.29 Å². The van der Waals surface area contributed by atoms with Gasteiger partial charge in [-0.1, -0.05) is 6.07 Å². The molecule has 5 rings (SSSR count). The van der Waals surface area contributed by atoms with Crippen molar-refractivity contribution in [1.82, 2.24) is 14.9 Å². The van der Waals surface area contributed by atoms with Crippen LogP contribution in [0.3, 0.4) is 0 Å². The van der Waals surface area contributed by atoms with E-state index in [2.05, 4.69) is 16.9 Å². The molecular formula is C28H27F3N4O2S2. The van der Waals surface area contributed by atoms with Crippen LogP contribution in [-0.4, -0.2) is 53.1 Å². The molecule has 1 atom stereocenters. The maximum absolute atomic E-state index is 16.3. The summed E-state index contributed by atoms with van der Waals surface area (Å²) in [6.07, 6.45) is 5.28. The van der Waals surface area contributed by atoms with Gasteiger partial charge in [0.25, 0.3) is 0 Å². The van der Waals surface area contributed by atoms with E-state index in [1.54, 1.807) is 35.9 Å². The number of anilines is 1. The first kappa shape index (κ1) is 27.4. The Balaban J connectivity index is 1.60. The fraction of sp³-hybridized carbons (Fsp3) is 0.286. The first-order valence-corrected chi connectivity index (χ1v) is 14.3. The highest BCUT2D eigenvalue weighted by atomic mass is 32.2. The molecule has 11 heteroatoms. The normalized spacial score (nSPS) is 15.4. The third-order valence-electron chi connectivity index (χ3n) is 6.68. The lowest BCUT2D eigenvalue weighted by Gasteiger charge is -2.27. The molecular weight excluding hydrogens is 545 g/mol. The Kier molecular flexibility index (Phi) is 8.41. The van der Waals surface area contributed by atoms with Crippen molar-refractivity contribution >= 4 is 28.0 Å². The molecule has 0 radical (unpaired) electrons. The van der Waals surface area contributed by atoms with E-state index in [1.807, 2.05) is 12.1 Å². The molecule has 0 bridgehead atoms. The number of hydrogen-bond acceptors (Lipinski definition) is 6. The molecule has 0 N–H and O–H groups in total. The van der Waals surface area contributed by atoms with Crippen LogP contribution >= 0.6 is 11.3 Å². The fourth-order valence-corrected chi connectivity index (χ4v) is 7.06. The van der Waals surface area contributed by atoms with Crippen LogP contribution in [0.1, 0.15) is 23.8 Å². The number of thiazole rings is 1. The van der Waals surface area contributed by atoms with E-state index < -0.39 is 33.3 Å². The maximum atomic E-state index is 16.3. The number of aromatic nitrogens is 2. The third-order valence-corrected chi connectivity index (χ3v) is 9.34. The number of halogens is 3. The summed E-state index contributed by atoms with van der Waals surface area (Å²) in [4.78, 5) is 11.7. The van der Waals surface area contributed by atoms with Crippen LogP contribution in [0.4, 0.5) is 18.9 Å². The number of methoxy groups -OCH3 is 1. The summed E-state index contributed by atoms with van der Waals surface area (Å²) < 4.78 is 64.3. The molecule has 0 saturated carbocycles. The molecule has 1 unspecified atom stereocenters. The van der Waals surface area contributed by atoms with Gasteiger partial charge in [0.2, 0.25) is 0 Å². The zero-order valence-electron chi connectivity index (χ0n) is 21.4. The van der Waals surface area contributed by atoms with E-state index in [9.17, 15) is 13.0 Å². The molecule has 0 amide bonds. The predicted octanol–water partition coefficient (Wildman–Crippen LogP) is 6.23. The SMILES string of the molecule is COCN(c1cccc(-c2nc(C3CCN(C)CC3)sc2-c2ccncc2)c1F)S(=O)c1cc(F)ccc1F. The smallest absolute Gasteiger partial charge is 0.158 e. The van der Waals surface area contributed by atoms with E-state index in [4.69, 9.17) is 9.72 Å². The van der Waals surface area contributed by atoms with Gasteiger partial charge in [0.1, 0.15) is 18.4 Å². The van der Waals surface area contributed by atoms with Crippen molar-refractivity contribution in [3.05, 3.63) is 83.4 Å². The van der Waals surface area contributed by atoms with Crippen LogP contribution in [0.15, 0.2) is 65.8 Å². The van der Waals surface area contributed by atoms with Gasteiger partial charge in [0, 0.05) is 31.0 Å². The average molecular weight is 573 g/mol. The Morgan fingerprint density at radius 1 is 1.10 bits per heavy atom. The van der Waals surface area contributed by atoms with Crippen LogP contribution in [-0.2, 0) is 15.7 Å². The molecule has 2 aromatic carbocycles. The monoisotopic (exact) mass is 572 g/mol. The number of hydrogen-bond donors (Lipinski definition) is 0. The Morgan fingerprint density at radius 2 is 1.85 bits per heavy atom. The van der Waals surface area contributed by atoms with Gasteiger partial charge >= 0.3 is 0 Å². The summed E-state index contributed by atoms with van der Waals surface area (Å²) in [5.41, 5.74) is 1.47. The summed E-state index contributed by atoms with van der Waals surface area (Å²) >= 11 is 1.54. The largest absolute Gasteiger partial charge is 0.363 e. The second kappa shape index (κ2) is 12.0. The summed E-state index contributed by atoms with van der Waals surface area (Å²) in [7, 11) is 1.16. The van der Waals surface area contributed by atoms with E-state index >= 15 is 4.39 Å². The van der Waals surface area contributed by atoms with Gasteiger partial charge in [-0.2, -0.15) is 0 Å². The number of piperidine rings is 1. The molecule has 2 aromatic heterocycles. The van der Waals surface area contributed by atoms with Crippen molar-refractivity contribution < 1.29 is 22.1 Å². The number of pyridine rings is 1. The molecule has 6 nitrogen and oxygen atoms in total. The zero-order valence-corrected chi connectivity index (χ0v) is 23.1. The van der Waals surface area contributed by atoms with E-state index in [0.29, 0.717) is 5.69 Å². The molecule has 4 aromatic rings. The lowest BCUT2D eigenvalue weighted by molar-refractivity contribution is 0.210. The number of rotatable bonds is 8. The zero-order chi connectivity index (χ0) is 27.5. The Hall–Kier alpha value is -3.12. The van der Waals surface area contributed by atoms with Crippen molar-refractivity contribution in [2.24, 2.45) is 0 Å². The Bertz CT molecular complexity index is 1480. The molecule has 1 fully saturated rings. The molecule has 1 aliphatic rings. The number of ether oxygens (including phenoxy) is 1. The molecule has 0 aliphatic carbocycles. The first-order valence-electron chi connectivity index (χ1n) is 12.4. The number of likely N-dealkylation sites (tertiary alicyclic amines) is 1. The van der Waals surface area contributed by atoms with Crippen molar-refractivity contribution in [2.45, 2.75) is 23.7 Å². The fourth-order valence-electron chi connectivity index (χ4n) is 4.60. The standard InChI is InChI=1S/C28H27F3N4O2S2/c1-34-14-10-19(11-15-34)28-33-26(27(38-28)18-8-12-32-13-9-18)21-4-3-5-23(25(21)31)35(17-37-2)39(36)24-16-20(29)6-7-22(24)30/h3-9,12-13,16,19H,10-11,14-15,17H2,1-2H3. The highest BCUT2D eigenvalue weighted by molar-refractivity contribution is 7.86. The van der Waals surface area contributed by atoms with E-state index in [-0.39, 0.29) is 23.9 Å². The van der Waals surface area contributed by atoms with Gasteiger partial charge in [0.15, 0.2) is 16.8 Å². The summed E-state index contributed by atoms with van der Waals surface area (Å²) in [5.74, 6) is -2.04. The molecule has 1 saturated heterocycles. The molecule has 3 heterocycles. The topological polar surface area (TPSA) is 58.6 Å². The lowest BCUT2D eigenvalue weighted by atomic mass is 9.98. The van der Waals surface area contributed by atoms with Gasteiger partial charge in [0.05, 0.1) is 26.2 Å². The minimum atomic E-state index is -2.29. The van der Waals surface area contributed by atoms with Crippen LogP contribution < -0.4 is 4.31 Å². The molecule has 204 valence electrons. The highest BCUT2D eigenvalue weighted by Crippen LogP contribution is 2.43. The minimum Gasteiger partial charge on any atom is -0.363 e. The van der Waals surface area contributed by atoms with Gasteiger partial charge in [-0.05, 0) is 81.0 Å². The van der Waals surface area contributed by atoms with Crippen LogP contribution in [0.5, 0.6) is 0 Å². The average Bonchev–Trinajstić information content (AvgIpc) is 3.39. The van der Waals surface area contributed by atoms with Crippen molar-refractivity contribution in [2.75, 3.05) is 38.3 Å². The summed E-state index contributed by atoms with van der Waals surface area (Å²) in [5, 5.41) is 0.939. The second-order valence-corrected chi connectivity index (χ2v) is 11.7. The maximum Gasteiger partial charge on any atom is 0.158 e. The highest BCUT2D eigenvalue weighted by Gasteiger charge is 2.28. The Labute approximate surface area is 231 Å². The number of nitrogens with zero attached hydrogens (tertiary/aromatic N) is 4. The third kappa shape index (κ3) is 5.76. The number of benzene rings is 2. The van der Waals surface area contributed by atoms with Crippen molar-refractivity contribution in [1.29, 1.82) is 0 Å². The van der Waals surface area contributed by atoms with Gasteiger partial charge in [-0.15, -0.1) is 11.3 Å².